The van der Waals surface area contributed by atoms with Gasteiger partial charge in [0.2, 0.25) is 0 Å². The maximum atomic E-state index is 13.7. The van der Waals surface area contributed by atoms with Gasteiger partial charge in [-0.05, 0) is 18.5 Å². The molecule has 0 saturated carbocycles. The van der Waals surface area contributed by atoms with Crippen molar-refractivity contribution in [2.24, 2.45) is 0 Å². The molecule has 3 rings (SSSR count). The summed E-state index contributed by atoms with van der Waals surface area (Å²) in [6.45, 7) is 1.46. The van der Waals surface area contributed by atoms with E-state index < -0.39 is 18.6 Å². The Bertz CT molecular complexity index is 491. The molecule has 1 fully saturated rings. The molecule has 20 heavy (non-hydrogen) atoms. The van der Waals surface area contributed by atoms with Gasteiger partial charge < -0.3 is 15.5 Å². The first-order chi connectivity index (χ1) is 9.68. The minimum absolute atomic E-state index is 0.340. The van der Waals surface area contributed by atoms with Crippen molar-refractivity contribution in [3.8, 4) is 0 Å². The summed E-state index contributed by atoms with van der Waals surface area (Å²) in [4.78, 5) is 1.56. The van der Waals surface area contributed by atoms with E-state index in [2.05, 4.69) is 5.32 Å². The maximum Gasteiger partial charge on any atom is 0.136 e. The van der Waals surface area contributed by atoms with Crippen LogP contribution >= 0.6 is 0 Å². The molecule has 2 aliphatic rings. The number of halogens is 1. The topological polar surface area (TPSA) is 55.7 Å². The normalized spacial score (nSPS) is 32.5. The highest BCUT2D eigenvalue weighted by atomic mass is 19.1. The molecule has 0 radical (unpaired) electrons. The summed E-state index contributed by atoms with van der Waals surface area (Å²) in [5, 5.41) is 23.5. The molecule has 4 nitrogen and oxygen atoms in total. The monoisotopic (exact) mass is 278 g/mol. The third-order valence-corrected chi connectivity index (χ3v) is 4.06. The number of nitrogens with zero attached hydrogens (tertiary/aromatic N) is 1. The highest BCUT2D eigenvalue weighted by Crippen LogP contribution is 2.38. The van der Waals surface area contributed by atoms with Gasteiger partial charge in [-0.1, -0.05) is 30.3 Å². The lowest BCUT2D eigenvalue weighted by atomic mass is 10.0. The van der Waals surface area contributed by atoms with Crippen LogP contribution in [0.1, 0.15) is 30.0 Å². The summed E-state index contributed by atoms with van der Waals surface area (Å²) in [6, 6.07) is 7.28. The van der Waals surface area contributed by atoms with Gasteiger partial charge in [0.25, 0.3) is 0 Å². The first kappa shape index (κ1) is 13.7. The molecule has 3 atom stereocenters. The number of piperidine rings is 1. The number of rotatable bonds is 2. The average molecular weight is 278 g/mol. The lowest BCUT2D eigenvalue weighted by Crippen LogP contribution is -2.34. The van der Waals surface area contributed by atoms with E-state index >= 15 is 0 Å². The molecule has 3 N–H and O–H groups in total. The van der Waals surface area contributed by atoms with Gasteiger partial charge in [0.15, 0.2) is 0 Å². The SMILES string of the molecule is OC1c2ccccc2C(O)N1C/C=C1\CCNCC1F. The minimum atomic E-state index is -0.969. The summed E-state index contributed by atoms with van der Waals surface area (Å²) in [5.41, 5.74) is 2.19. The Kier molecular flexibility index (Phi) is 3.85. The lowest BCUT2D eigenvalue weighted by molar-refractivity contribution is -0.0770. The number of fused-ring (bicyclic) bond motifs is 1. The number of nitrogens with one attached hydrogen (secondary N) is 1. The molecule has 1 aromatic rings. The molecule has 2 aliphatic heterocycles. The summed E-state index contributed by atoms with van der Waals surface area (Å²) in [5.74, 6) is 0. The Labute approximate surface area is 117 Å². The summed E-state index contributed by atoms with van der Waals surface area (Å²) in [7, 11) is 0. The van der Waals surface area contributed by atoms with E-state index in [0.717, 1.165) is 23.2 Å². The Balaban J connectivity index is 1.75. The van der Waals surface area contributed by atoms with Crippen LogP contribution in [0, 0.1) is 0 Å². The molecule has 0 bridgehead atoms. The number of hydrogen-bond donors (Lipinski definition) is 3. The van der Waals surface area contributed by atoms with Crippen molar-refractivity contribution < 1.29 is 14.6 Å². The Morgan fingerprint density at radius 3 is 2.50 bits per heavy atom. The van der Waals surface area contributed by atoms with Crippen LogP contribution < -0.4 is 5.32 Å². The number of alkyl halides is 1. The van der Waals surface area contributed by atoms with Crippen LogP contribution in [0.25, 0.3) is 0 Å². The smallest absolute Gasteiger partial charge is 0.136 e. The molecule has 1 saturated heterocycles. The fourth-order valence-corrected chi connectivity index (χ4v) is 2.87. The molecular formula is C15H19FN2O2. The summed E-state index contributed by atoms with van der Waals surface area (Å²) < 4.78 is 13.7. The van der Waals surface area contributed by atoms with Crippen LogP contribution in [-0.4, -0.2) is 40.9 Å². The second-order valence-corrected chi connectivity index (χ2v) is 5.27. The highest BCUT2D eigenvalue weighted by molar-refractivity contribution is 5.34. The second-order valence-electron chi connectivity index (χ2n) is 5.27. The zero-order chi connectivity index (χ0) is 14.1. The Hall–Kier alpha value is -1.27. The van der Waals surface area contributed by atoms with Crippen molar-refractivity contribution in [2.45, 2.75) is 25.0 Å². The van der Waals surface area contributed by atoms with E-state index in [1.54, 1.807) is 23.1 Å². The third-order valence-electron chi connectivity index (χ3n) is 4.06. The Morgan fingerprint density at radius 2 is 1.90 bits per heavy atom. The standard InChI is InChI=1S/C15H19FN2O2/c16-13-9-17-7-5-10(13)6-8-18-14(19)11-3-1-2-4-12(11)15(18)20/h1-4,6,13-15,17,19-20H,5,7-9H2/b10-6+. The second kappa shape index (κ2) is 5.61. The first-order valence-corrected chi connectivity index (χ1v) is 6.93. The van der Waals surface area contributed by atoms with Gasteiger partial charge in [-0.15, -0.1) is 0 Å². The number of benzene rings is 1. The minimum Gasteiger partial charge on any atom is -0.374 e. The van der Waals surface area contributed by atoms with E-state index in [-0.39, 0.29) is 0 Å². The molecular weight excluding hydrogens is 259 g/mol. The molecule has 1 aromatic carbocycles. The van der Waals surface area contributed by atoms with Crippen LogP contribution in [0.2, 0.25) is 0 Å². The first-order valence-electron chi connectivity index (χ1n) is 6.93. The average Bonchev–Trinajstić information content (AvgIpc) is 2.71. The number of aliphatic hydroxyl groups excluding tert-OH is 2. The van der Waals surface area contributed by atoms with Gasteiger partial charge in [0.05, 0.1) is 0 Å². The quantitative estimate of drug-likeness (QED) is 0.713. The van der Waals surface area contributed by atoms with Crippen LogP contribution in [0.15, 0.2) is 35.9 Å². The van der Waals surface area contributed by atoms with Crippen molar-refractivity contribution in [1.82, 2.24) is 10.2 Å². The van der Waals surface area contributed by atoms with Crippen molar-refractivity contribution in [1.29, 1.82) is 0 Å². The number of aliphatic hydroxyl groups is 2. The lowest BCUT2D eigenvalue weighted by Gasteiger charge is -2.25. The molecule has 5 heteroatoms. The van der Waals surface area contributed by atoms with E-state index in [1.807, 2.05) is 12.1 Å². The van der Waals surface area contributed by atoms with Crippen molar-refractivity contribution >= 4 is 0 Å². The molecule has 0 spiro atoms. The molecule has 3 unspecified atom stereocenters. The fraction of sp³-hybridized carbons (Fsp3) is 0.467. The predicted molar refractivity (Wildman–Crippen MR) is 73.5 cm³/mol. The van der Waals surface area contributed by atoms with Crippen LogP contribution in [0.3, 0.4) is 0 Å². The molecule has 108 valence electrons. The van der Waals surface area contributed by atoms with Gasteiger partial charge in [-0.3, -0.25) is 0 Å². The van der Waals surface area contributed by atoms with E-state index in [4.69, 9.17) is 0 Å². The van der Waals surface area contributed by atoms with E-state index in [1.165, 1.54) is 0 Å². The van der Waals surface area contributed by atoms with Gasteiger partial charge in [0, 0.05) is 24.2 Å². The van der Waals surface area contributed by atoms with Gasteiger partial charge >= 0.3 is 0 Å². The third kappa shape index (κ3) is 2.38. The zero-order valence-corrected chi connectivity index (χ0v) is 11.2. The summed E-state index contributed by atoms with van der Waals surface area (Å²) in [6.07, 6.45) is -0.170. The van der Waals surface area contributed by atoms with Gasteiger partial charge in [-0.25, -0.2) is 9.29 Å². The van der Waals surface area contributed by atoms with E-state index in [0.29, 0.717) is 19.5 Å². The van der Waals surface area contributed by atoms with Crippen LogP contribution in [0.5, 0.6) is 0 Å². The fourth-order valence-electron chi connectivity index (χ4n) is 2.87. The molecule has 0 aliphatic carbocycles. The largest absolute Gasteiger partial charge is 0.374 e. The summed E-state index contributed by atoms with van der Waals surface area (Å²) >= 11 is 0. The number of hydrogen-bond acceptors (Lipinski definition) is 4. The molecule has 0 amide bonds. The Morgan fingerprint density at radius 1 is 1.25 bits per heavy atom. The predicted octanol–water partition coefficient (Wildman–Crippen LogP) is 1.24. The van der Waals surface area contributed by atoms with E-state index in [9.17, 15) is 14.6 Å². The van der Waals surface area contributed by atoms with Crippen molar-refractivity contribution in [3.05, 3.63) is 47.0 Å². The van der Waals surface area contributed by atoms with Gasteiger partial charge in [0.1, 0.15) is 18.6 Å². The van der Waals surface area contributed by atoms with Crippen molar-refractivity contribution in [3.63, 3.8) is 0 Å². The van der Waals surface area contributed by atoms with Crippen molar-refractivity contribution in [2.75, 3.05) is 19.6 Å². The van der Waals surface area contributed by atoms with Gasteiger partial charge in [-0.2, -0.15) is 0 Å². The van der Waals surface area contributed by atoms with Crippen LogP contribution in [0.4, 0.5) is 4.39 Å². The maximum absolute atomic E-state index is 13.7. The zero-order valence-electron chi connectivity index (χ0n) is 11.2. The highest BCUT2D eigenvalue weighted by Gasteiger charge is 2.35. The molecule has 0 aromatic heterocycles. The molecule has 2 heterocycles. The van der Waals surface area contributed by atoms with Crippen LogP contribution in [-0.2, 0) is 0 Å².